The van der Waals surface area contributed by atoms with Crippen molar-refractivity contribution in [2.75, 3.05) is 0 Å². The SMILES string of the molecule is Cc1ccc(-n2nc3c(c2-n2cccc2)CN(C(=O)c2ccc4ccccc4n2)C3)c(C)c1. The number of para-hydroxylation sites is 1. The molecule has 4 heterocycles. The van der Waals surface area contributed by atoms with Gasteiger partial charge in [-0.15, -0.1) is 0 Å². The first-order valence-electron chi connectivity index (χ1n) is 11.1. The lowest BCUT2D eigenvalue weighted by atomic mass is 10.1. The van der Waals surface area contributed by atoms with Crippen LogP contribution in [0.3, 0.4) is 0 Å². The molecule has 0 unspecified atom stereocenters. The van der Waals surface area contributed by atoms with Crippen LogP contribution in [0.25, 0.3) is 22.4 Å². The van der Waals surface area contributed by atoms with E-state index < -0.39 is 0 Å². The molecular weight excluding hydrogens is 410 g/mol. The minimum atomic E-state index is -0.0738. The van der Waals surface area contributed by atoms with Gasteiger partial charge in [-0.1, -0.05) is 42.0 Å². The van der Waals surface area contributed by atoms with E-state index in [-0.39, 0.29) is 5.91 Å². The van der Waals surface area contributed by atoms with Crippen molar-refractivity contribution in [3.05, 3.63) is 107 Å². The highest BCUT2D eigenvalue weighted by Crippen LogP contribution is 2.32. The lowest BCUT2D eigenvalue weighted by Gasteiger charge is -2.18. The van der Waals surface area contributed by atoms with Crippen molar-refractivity contribution in [1.82, 2.24) is 24.2 Å². The molecule has 6 heteroatoms. The number of hydrogen-bond donors (Lipinski definition) is 0. The molecule has 0 atom stereocenters. The van der Waals surface area contributed by atoms with Gasteiger partial charge >= 0.3 is 0 Å². The maximum absolute atomic E-state index is 13.3. The topological polar surface area (TPSA) is 56.0 Å². The number of aromatic nitrogens is 4. The lowest BCUT2D eigenvalue weighted by molar-refractivity contribution is 0.0743. The molecule has 0 N–H and O–H groups in total. The fourth-order valence-corrected chi connectivity index (χ4v) is 4.64. The maximum Gasteiger partial charge on any atom is 0.273 e. The predicted octanol–water partition coefficient (Wildman–Crippen LogP) is 4.98. The molecule has 0 saturated heterocycles. The normalized spacial score (nSPS) is 13.0. The lowest BCUT2D eigenvalue weighted by Crippen LogP contribution is -2.27. The second kappa shape index (κ2) is 7.45. The zero-order valence-electron chi connectivity index (χ0n) is 18.6. The highest BCUT2D eigenvalue weighted by Gasteiger charge is 2.32. The molecule has 6 rings (SSSR count). The van der Waals surface area contributed by atoms with E-state index in [4.69, 9.17) is 5.10 Å². The summed E-state index contributed by atoms with van der Waals surface area (Å²) >= 11 is 0. The molecule has 0 radical (unpaired) electrons. The van der Waals surface area contributed by atoms with Crippen LogP contribution in [-0.4, -0.2) is 30.1 Å². The van der Waals surface area contributed by atoms with E-state index in [9.17, 15) is 4.79 Å². The van der Waals surface area contributed by atoms with Crippen LogP contribution in [0.15, 0.2) is 79.1 Å². The number of carbonyl (C=O) groups excluding carboxylic acids is 1. The van der Waals surface area contributed by atoms with E-state index in [0.29, 0.717) is 18.8 Å². The first-order chi connectivity index (χ1) is 16.1. The Morgan fingerprint density at radius 2 is 1.73 bits per heavy atom. The van der Waals surface area contributed by atoms with Crippen molar-refractivity contribution in [1.29, 1.82) is 0 Å². The third-order valence-corrected chi connectivity index (χ3v) is 6.26. The quantitative estimate of drug-likeness (QED) is 0.403. The Hall–Kier alpha value is -4.19. The largest absolute Gasteiger partial charge is 0.327 e. The molecule has 33 heavy (non-hydrogen) atoms. The maximum atomic E-state index is 13.3. The molecule has 0 aliphatic carbocycles. The van der Waals surface area contributed by atoms with Crippen molar-refractivity contribution in [2.45, 2.75) is 26.9 Å². The summed E-state index contributed by atoms with van der Waals surface area (Å²) in [6.45, 7) is 5.17. The van der Waals surface area contributed by atoms with E-state index in [1.165, 1.54) is 5.56 Å². The Morgan fingerprint density at radius 1 is 0.909 bits per heavy atom. The number of fused-ring (bicyclic) bond motifs is 2. The number of aryl methyl sites for hydroxylation is 2. The molecule has 0 saturated carbocycles. The van der Waals surface area contributed by atoms with Crippen LogP contribution in [0, 0.1) is 13.8 Å². The number of rotatable bonds is 3. The van der Waals surface area contributed by atoms with Crippen LogP contribution in [0.5, 0.6) is 0 Å². The molecule has 162 valence electrons. The highest BCUT2D eigenvalue weighted by atomic mass is 16.2. The van der Waals surface area contributed by atoms with E-state index in [0.717, 1.165) is 39.2 Å². The van der Waals surface area contributed by atoms with Gasteiger partial charge in [0.05, 0.1) is 30.0 Å². The summed E-state index contributed by atoms with van der Waals surface area (Å²) in [5.74, 6) is 0.902. The average molecular weight is 434 g/mol. The third kappa shape index (κ3) is 3.22. The monoisotopic (exact) mass is 433 g/mol. The standard InChI is InChI=1S/C27H23N5O/c1-18-9-12-25(19(2)15-18)32-26(30-13-5-6-14-30)21-16-31(17-24(21)29-32)27(33)23-11-10-20-7-3-4-8-22(20)28-23/h3-15H,16-17H2,1-2H3. The van der Waals surface area contributed by atoms with Gasteiger partial charge in [-0.2, -0.15) is 5.10 Å². The van der Waals surface area contributed by atoms with Gasteiger partial charge in [-0.05, 0) is 49.7 Å². The molecule has 0 fully saturated rings. The number of benzene rings is 2. The molecule has 1 aliphatic rings. The molecule has 6 nitrogen and oxygen atoms in total. The van der Waals surface area contributed by atoms with Crippen molar-refractivity contribution in [3.63, 3.8) is 0 Å². The van der Waals surface area contributed by atoms with Gasteiger partial charge in [0.15, 0.2) is 0 Å². The van der Waals surface area contributed by atoms with Crippen molar-refractivity contribution in [3.8, 4) is 11.5 Å². The Bertz CT molecular complexity index is 1510. The second-order valence-electron chi connectivity index (χ2n) is 8.59. The third-order valence-electron chi connectivity index (χ3n) is 6.26. The van der Waals surface area contributed by atoms with Crippen molar-refractivity contribution >= 4 is 16.8 Å². The molecule has 3 aromatic heterocycles. The van der Waals surface area contributed by atoms with Crippen LogP contribution in [-0.2, 0) is 13.1 Å². The minimum absolute atomic E-state index is 0.0738. The van der Waals surface area contributed by atoms with Crippen LogP contribution in [0.1, 0.15) is 32.9 Å². The van der Waals surface area contributed by atoms with Gasteiger partial charge in [0.1, 0.15) is 11.5 Å². The first-order valence-corrected chi connectivity index (χ1v) is 11.1. The minimum Gasteiger partial charge on any atom is -0.327 e. The molecule has 0 bridgehead atoms. The zero-order chi connectivity index (χ0) is 22.5. The Balaban J connectivity index is 1.39. The number of amides is 1. The van der Waals surface area contributed by atoms with Gasteiger partial charge in [0.2, 0.25) is 0 Å². The van der Waals surface area contributed by atoms with Crippen molar-refractivity contribution < 1.29 is 4.79 Å². The summed E-state index contributed by atoms with van der Waals surface area (Å²) in [5.41, 5.74) is 6.72. The summed E-state index contributed by atoms with van der Waals surface area (Å²) in [7, 11) is 0. The molecule has 2 aromatic carbocycles. The molecule has 5 aromatic rings. The summed E-state index contributed by atoms with van der Waals surface area (Å²) in [4.78, 5) is 19.8. The van der Waals surface area contributed by atoms with Crippen LogP contribution in [0.4, 0.5) is 0 Å². The van der Waals surface area contributed by atoms with Gasteiger partial charge < -0.3 is 9.47 Å². The van der Waals surface area contributed by atoms with Gasteiger partial charge in [0.25, 0.3) is 5.91 Å². The summed E-state index contributed by atoms with van der Waals surface area (Å²) in [6, 6.07) is 22.0. The Kier molecular flexibility index (Phi) is 4.40. The molecule has 1 amide bonds. The van der Waals surface area contributed by atoms with Gasteiger partial charge in [-0.3, -0.25) is 4.79 Å². The van der Waals surface area contributed by atoms with E-state index in [1.54, 1.807) is 0 Å². The molecular formula is C27H23N5O. The smallest absolute Gasteiger partial charge is 0.273 e. The van der Waals surface area contributed by atoms with Gasteiger partial charge in [-0.25, -0.2) is 9.67 Å². The average Bonchev–Trinajstić information content (AvgIpc) is 3.54. The van der Waals surface area contributed by atoms with E-state index in [1.807, 2.05) is 70.5 Å². The number of carbonyl (C=O) groups is 1. The fraction of sp³-hybridized carbons (Fsp3) is 0.148. The van der Waals surface area contributed by atoms with Gasteiger partial charge in [0, 0.05) is 23.3 Å². The number of nitrogens with zero attached hydrogens (tertiary/aromatic N) is 5. The highest BCUT2D eigenvalue weighted by molar-refractivity contribution is 5.95. The Morgan fingerprint density at radius 3 is 2.55 bits per heavy atom. The van der Waals surface area contributed by atoms with Crippen LogP contribution >= 0.6 is 0 Å². The van der Waals surface area contributed by atoms with E-state index in [2.05, 4.69) is 41.6 Å². The Labute approximate surface area is 191 Å². The second-order valence-corrected chi connectivity index (χ2v) is 8.59. The van der Waals surface area contributed by atoms with Crippen LogP contribution in [0.2, 0.25) is 0 Å². The van der Waals surface area contributed by atoms with E-state index >= 15 is 0 Å². The predicted molar refractivity (Wildman–Crippen MR) is 128 cm³/mol. The van der Waals surface area contributed by atoms with Crippen molar-refractivity contribution in [2.24, 2.45) is 0 Å². The number of hydrogen-bond acceptors (Lipinski definition) is 3. The molecule has 0 spiro atoms. The summed E-state index contributed by atoms with van der Waals surface area (Å²) in [5, 5.41) is 5.99. The number of pyridine rings is 1. The fourth-order valence-electron chi connectivity index (χ4n) is 4.64. The zero-order valence-corrected chi connectivity index (χ0v) is 18.6. The summed E-state index contributed by atoms with van der Waals surface area (Å²) < 4.78 is 4.09. The summed E-state index contributed by atoms with van der Waals surface area (Å²) in [6.07, 6.45) is 4.04. The molecule has 1 aliphatic heterocycles. The first kappa shape index (κ1) is 19.5. The van der Waals surface area contributed by atoms with Crippen LogP contribution < -0.4 is 0 Å².